The quantitative estimate of drug-likeness (QED) is 0.422. The summed E-state index contributed by atoms with van der Waals surface area (Å²) < 4.78 is 14.3. The van der Waals surface area contributed by atoms with Crippen molar-refractivity contribution in [2.24, 2.45) is 0 Å². The van der Waals surface area contributed by atoms with Gasteiger partial charge in [0.1, 0.15) is 0 Å². The molecule has 4 rings (SSSR count). The van der Waals surface area contributed by atoms with Crippen LogP contribution < -0.4 is 19.6 Å². The van der Waals surface area contributed by atoms with Gasteiger partial charge in [-0.05, 0) is 65.4 Å². The number of methoxy groups -OCH3 is 1. The minimum absolute atomic E-state index is 0.0541. The fraction of sp³-hybridized carbons (Fsp3) is 0.158. The van der Waals surface area contributed by atoms with Crippen molar-refractivity contribution in [2.75, 3.05) is 13.7 Å². The van der Waals surface area contributed by atoms with E-state index in [0.29, 0.717) is 21.8 Å². The Labute approximate surface area is 167 Å². The zero-order chi connectivity index (χ0) is 18.3. The lowest BCUT2D eigenvalue weighted by atomic mass is 10.2. The maximum Gasteiger partial charge on any atom is 0.274 e. The maximum absolute atomic E-state index is 12.9. The summed E-state index contributed by atoms with van der Waals surface area (Å²) in [5, 5.41) is 0. The largest absolute Gasteiger partial charge is 0.493 e. The lowest BCUT2D eigenvalue weighted by Gasteiger charge is -2.12. The first-order valence-electron chi connectivity index (χ1n) is 8.04. The van der Waals surface area contributed by atoms with Gasteiger partial charge in [-0.25, -0.2) is 9.38 Å². The second-order valence-corrected chi connectivity index (χ2v) is 7.77. The van der Waals surface area contributed by atoms with Gasteiger partial charge in [0.05, 0.1) is 32.9 Å². The highest BCUT2D eigenvalue weighted by atomic mass is 127. The van der Waals surface area contributed by atoms with E-state index >= 15 is 0 Å². The Balaban J connectivity index is 1.90. The first-order chi connectivity index (χ1) is 12.6. The Hall–Kier alpha value is -2.13. The average molecular weight is 478 g/mol. The van der Waals surface area contributed by atoms with Crippen LogP contribution in [0.5, 0.6) is 11.5 Å². The van der Waals surface area contributed by atoms with E-state index in [4.69, 9.17) is 9.47 Å². The van der Waals surface area contributed by atoms with Gasteiger partial charge in [0.2, 0.25) is 0 Å². The first kappa shape index (κ1) is 17.3. The minimum atomic E-state index is -0.0541. The van der Waals surface area contributed by atoms with Crippen molar-refractivity contribution in [1.29, 1.82) is 0 Å². The van der Waals surface area contributed by atoms with E-state index in [0.717, 1.165) is 25.9 Å². The van der Waals surface area contributed by atoms with E-state index in [9.17, 15) is 4.79 Å². The number of thiazole rings is 1. The molecule has 2 heterocycles. The summed E-state index contributed by atoms with van der Waals surface area (Å²) in [6.45, 7) is 2.50. The Morgan fingerprint density at radius 2 is 2.12 bits per heavy atom. The number of ether oxygens (including phenoxy) is 2. The molecule has 7 heteroatoms. The van der Waals surface area contributed by atoms with Gasteiger partial charge in [0.15, 0.2) is 16.5 Å². The maximum atomic E-state index is 12.9. The van der Waals surface area contributed by atoms with Gasteiger partial charge in [-0.15, -0.1) is 0 Å². The molecule has 0 N–H and O–H groups in total. The van der Waals surface area contributed by atoms with Crippen LogP contribution in [0.4, 0.5) is 0 Å². The van der Waals surface area contributed by atoms with E-state index in [1.54, 1.807) is 11.5 Å². The Kier molecular flexibility index (Phi) is 4.58. The summed E-state index contributed by atoms with van der Waals surface area (Å²) >= 11 is 3.60. The molecule has 2 aromatic carbocycles. The number of benzene rings is 2. The summed E-state index contributed by atoms with van der Waals surface area (Å²) in [5.74, 6) is 1.38. The number of nitrogens with zero attached hydrogens (tertiary/aromatic N) is 2. The first-order valence-corrected chi connectivity index (χ1v) is 9.94. The Morgan fingerprint density at radius 3 is 2.88 bits per heavy atom. The molecule has 5 nitrogen and oxygen atoms in total. The van der Waals surface area contributed by atoms with Crippen LogP contribution in [0.2, 0.25) is 0 Å². The van der Waals surface area contributed by atoms with Gasteiger partial charge < -0.3 is 9.47 Å². The minimum Gasteiger partial charge on any atom is -0.493 e. The summed E-state index contributed by atoms with van der Waals surface area (Å²) in [7, 11) is 1.61. The summed E-state index contributed by atoms with van der Waals surface area (Å²) in [5.41, 5.74) is 2.50. The average Bonchev–Trinajstić information content (AvgIpc) is 3.14. The van der Waals surface area contributed by atoms with Crippen LogP contribution in [0.3, 0.4) is 0 Å². The molecule has 0 atom stereocenters. The number of hydrogen-bond acceptors (Lipinski definition) is 5. The van der Waals surface area contributed by atoms with Crippen molar-refractivity contribution >= 4 is 56.0 Å². The highest BCUT2D eigenvalue weighted by molar-refractivity contribution is 14.1. The third kappa shape index (κ3) is 2.84. The molecule has 26 heavy (non-hydrogen) atoms. The lowest BCUT2D eigenvalue weighted by molar-refractivity contribution is 0.308. The molecular weight excluding hydrogens is 463 g/mol. The van der Waals surface area contributed by atoms with E-state index < -0.39 is 0 Å². The molecule has 0 aliphatic heterocycles. The van der Waals surface area contributed by atoms with Gasteiger partial charge in [0, 0.05) is 0 Å². The summed E-state index contributed by atoms with van der Waals surface area (Å²) in [6.07, 6.45) is 1.87. The molecule has 0 bridgehead atoms. The number of imidazole rings is 1. The highest BCUT2D eigenvalue weighted by Gasteiger charge is 2.13. The lowest BCUT2D eigenvalue weighted by Crippen LogP contribution is -2.22. The zero-order valence-corrected chi connectivity index (χ0v) is 17.1. The molecule has 4 aromatic rings. The molecule has 0 radical (unpaired) electrons. The molecule has 0 unspecified atom stereocenters. The van der Waals surface area contributed by atoms with Crippen molar-refractivity contribution in [1.82, 2.24) is 9.38 Å². The number of aromatic nitrogens is 2. The van der Waals surface area contributed by atoms with Gasteiger partial charge in [-0.3, -0.25) is 4.79 Å². The smallest absolute Gasteiger partial charge is 0.274 e. The van der Waals surface area contributed by atoms with Crippen LogP contribution in [0.1, 0.15) is 12.5 Å². The molecule has 0 saturated heterocycles. The fourth-order valence-electron chi connectivity index (χ4n) is 2.87. The normalized spacial score (nSPS) is 12.2. The van der Waals surface area contributed by atoms with Crippen LogP contribution in [0.15, 0.2) is 41.2 Å². The Morgan fingerprint density at radius 1 is 1.31 bits per heavy atom. The van der Waals surface area contributed by atoms with Crippen molar-refractivity contribution in [3.05, 3.63) is 60.4 Å². The summed E-state index contributed by atoms with van der Waals surface area (Å²) in [4.78, 5) is 18.1. The number of hydrogen-bond donors (Lipinski definition) is 0. The SMILES string of the molecule is CCOc1c(I)cc(C=c2sc3nc4ccccc4n3c2=O)cc1OC. The van der Waals surface area contributed by atoms with Gasteiger partial charge >= 0.3 is 0 Å². The van der Waals surface area contributed by atoms with Gasteiger partial charge in [-0.2, -0.15) is 0 Å². The van der Waals surface area contributed by atoms with Gasteiger partial charge in [-0.1, -0.05) is 23.5 Å². The molecule has 132 valence electrons. The fourth-order valence-corrected chi connectivity index (χ4v) is 4.64. The van der Waals surface area contributed by atoms with Crippen LogP contribution in [-0.4, -0.2) is 23.1 Å². The molecule has 0 aliphatic rings. The van der Waals surface area contributed by atoms with Crippen molar-refractivity contribution in [3.8, 4) is 11.5 Å². The van der Waals surface area contributed by atoms with E-state index in [1.807, 2.05) is 49.4 Å². The predicted molar refractivity (Wildman–Crippen MR) is 113 cm³/mol. The van der Waals surface area contributed by atoms with E-state index in [1.165, 1.54) is 11.3 Å². The second-order valence-electron chi connectivity index (χ2n) is 5.60. The van der Waals surface area contributed by atoms with E-state index in [-0.39, 0.29) is 5.56 Å². The topological polar surface area (TPSA) is 52.8 Å². The third-order valence-electron chi connectivity index (χ3n) is 3.98. The van der Waals surface area contributed by atoms with Crippen LogP contribution in [0, 0.1) is 3.57 Å². The van der Waals surface area contributed by atoms with Crippen LogP contribution >= 0.6 is 33.9 Å². The standard InChI is InChI=1S/C19H15IN2O3S/c1-3-25-17-12(20)8-11(9-15(17)24-2)10-16-18(23)22-14-7-5-4-6-13(14)21-19(22)26-16/h4-10H,3H2,1-2H3. The number of para-hydroxylation sites is 2. The molecule has 0 saturated carbocycles. The summed E-state index contributed by atoms with van der Waals surface area (Å²) in [6, 6.07) is 11.5. The molecule has 0 amide bonds. The second kappa shape index (κ2) is 6.88. The van der Waals surface area contributed by atoms with Crippen molar-refractivity contribution in [2.45, 2.75) is 6.92 Å². The number of rotatable bonds is 4. The van der Waals surface area contributed by atoms with Crippen molar-refractivity contribution in [3.63, 3.8) is 0 Å². The molecule has 0 fully saturated rings. The molecule has 0 aliphatic carbocycles. The Bertz CT molecular complexity index is 1230. The van der Waals surface area contributed by atoms with Gasteiger partial charge in [0.25, 0.3) is 5.56 Å². The highest BCUT2D eigenvalue weighted by Crippen LogP contribution is 2.34. The van der Waals surface area contributed by atoms with Crippen molar-refractivity contribution < 1.29 is 9.47 Å². The molecule has 2 aromatic heterocycles. The van der Waals surface area contributed by atoms with E-state index in [2.05, 4.69) is 27.6 Å². The predicted octanol–water partition coefficient (Wildman–Crippen LogP) is 3.47. The number of fused-ring (bicyclic) bond motifs is 3. The number of halogens is 1. The van der Waals surface area contributed by atoms with Crippen LogP contribution in [-0.2, 0) is 0 Å². The zero-order valence-electron chi connectivity index (χ0n) is 14.2. The monoisotopic (exact) mass is 478 g/mol. The third-order valence-corrected chi connectivity index (χ3v) is 5.75. The molecular formula is C19H15IN2O3S. The molecule has 0 spiro atoms. The van der Waals surface area contributed by atoms with Crippen LogP contribution in [0.25, 0.3) is 22.1 Å².